The zero-order valence-corrected chi connectivity index (χ0v) is 22.7. The van der Waals surface area contributed by atoms with E-state index in [1.165, 1.54) is 0 Å². The minimum Gasteiger partial charge on any atom is -0.444 e. The van der Waals surface area contributed by atoms with Crippen molar-refractivity contribution >= 4 is 28.1 Å². The Balaban J connectivity index is 1.76. The molecule has 3 rings (SSSR count). The quantitative estimate of drug-likeness (QED) is 0.498. The van der Waals surface area contributed by atoms with Gasteiger partial charge in [-0.1, -0.05) is 22.0 Å². The summed E-state index contributed by atoms with van der Waals surface area (Å²) < 4.78 is 11.9. The molecule has 186 valence electrons. The number of halogens is 1. The van der Waals surface area contributed by atoms with Gasteiger partial charge in [0.2, 0.25) is 0 Å². The lowest BCUT2D eigenvalue weighted by Crippen LogP contribution is -2.36. The van der Waals surface area contributed by atoms with Gasteiger partial charge in [-0.15, -0.1) is 0 Å². The number of benzene rings is 1. The molecule has 1 N–H and O–H groups in total. The van der Waals surface area contributed by atoms with Crippen LogP contribution in [-0.2, 0) is 16.0 Å². The Kier molecular flexibility index (Phi) is 7.65. The molecule has 0 bridgehead atoms. The summed E-state index contributed by atoms with van der Waals surface area (Å²) in [6.45, 7) is 12.2. The third kappa shape index (κ3) is 6.74. The Labute approximate surface area is 210 Å². The molecule has 2 heterocycles. The van der Waals surface area contributed by atoms with Gasteiger partial charge < -0.3 is 19.4 Å². The molecule has 0 radical (unpaired) electrons. The molecule has 1 aromatic carbocycles. The van der Waals surface area contributed by atoms with Gasteiger partial charge in [-0.05, 0) is 77.6 Å². The largest absolute Gasteiger partial charge is 0.444 e. The molecule has 1 atom stereocenters. The van der Waals surface area contributed by atoms with Crippen LogP contribution in [0.1, 0.15) is 71.8 Å². The van der Waals surface area contributed by atoms with Crippen LogP contribution in [0.5, 0.6) is 0 Å². The van der Waals surface area contributed by atoms with Gasteiger partial charge in [0.1, 0.15) is 17.0 Å². The molecule has 0 aliphatic carbocycles. The number of imidazole rings is 1. The Morgan fingerprint density at radius 2 is 1.85 bits per heavy atom. The molecule has 8 nitrogen and oxygen atoms in total. The Morgan fingerprint density at radius 1 is 1.18 bits per heavy atom. The predicted molar refractivity (Wildman–Crippen MR) is 134 cm³/mol. The molecule has 1 aliphatic heterocycles. The lowest BCUT2D eigenvalue weighted by molar-refractivity contribution is 0.0217. The van der Waals surface area contributed by atoms with E-state index in [4.69, 9.17) is 9.47 Å². The first kappa shape index (κ1) is 26.1. The summed E-state index contributed by atoms with van der Waals surface area (Å²) in [7, 11) is 1.72. The summed E-state index contributed by atoms with van der Waals surface area (Å²) in [5, 5.41) is 0. The summed E-state index contributed by atoms with van der Waals surface area (Å²) >= 11 is 3.59. The molecule has 1 aromatic heterocycles. The van der Waals surface area contributed by atoms with Crippen LogP contribution in [0.4, 0.5) is 9.59 Å². The number of ether oxygens (including phenoxy) is 2. The number of rotatable bonds is 4. The number of aromatic nitrogens is 2. The highest BCUT2D eigenvalue weighted by Crippen LogP contribution is 2.33. The second-order valence-corrected chi connectivity index (χ2v) is 11.5. The standard InChI is InChI=1S/C25H35BrN4O4/c1-24(2,3)33-22(31)29(7)15-17-13-16(10-11-18(17)26)19-14-27-21(28-19)20-9-8-12-30(20)23(32)34-25(4,5)6/h10-11,13-14,20H,8-9,12,15H2,1-7H3,(H,27,28)/t20-/m1/s1. The van der Waals surface area contributed by atoms with Crippen molar-refractivity contribution in [3.8, 4) is 11.3 Å². The number of hydrogen-bond acceptors (Lipinski definition) is 5. The van der Waals surface area contributed by atoms with E-state index in [1.54, 1.807) is 23.0 Å². The third-order valence-corrected chi connectivity index (χ3v) is 6.03. The van der Waals surface area contributed by atoms with Gasteiger partial charge in [0.25, 0.3) is 0 Å². The second-order valence-electron chi connectivity index (χ2n) is 10.7. The molecule has 1 aliphatic rings. The summed E-state index contributed by atoms with van der Waals surface area (Å²) in [5.41, 5.74) is 1.64. The number of amides is 2. The number of nitrogens with one attached hydrogen (secondary N) is 1. The molecule has 1 saturated heterocycles. The van der Waals surface area contributed by atoms with E-state index in [-0.39, 0.29) is 18.2 Å². The number of H-pyrrole nitrogens is 1. The maximum Gasteiger partial charge on any atom is 0.410 e. The molecule has 9 heteroatoms. The number of carbonyl (C=O) groups excluding carboxylic acids is 2. The van der Waals surface area contributed by atoms with Crippen LogP contribution >= 0.6 is 15.9 Å². The van der Waals surface area contributed by atoms with Crippen LogP contribution in [-0.4, -0.2) is 56.7 Å². The molecule has 2 aromatic rings. The third-order valence-electron chi connectivity index (χ3n) is 5.26. The second kappa shape index (κ2) is 9.98. The monoisotopic (exact) mass is 534 g/mol. The van der Waals surface area contributed by atoms with Crippen LogP contribution in [0.3, 0.4) is 0 Å². The van der Waals surface area contributed by atoms with Gasteiger partial charge in [0.15, 0.2) is 0 Å². The summed E-state index contributed by atoms with van der Waals surface area (Å²) in [6, 6.07) is 5.81. The minimum atomic E-state index is -0.551. The van der Waals surface area contributed by atoms with Crippen molar-refractivity contribution in [2.24, 2.45) is 0 Å². The van der Waals surface area contributed by atoms with Crippen LogP contribution < -0.4 is 0 Å². The van der Waals surface area contributed by atoms with Crippen molar-refractivity contribution in [2.75, 3.05) is 13.6 Å². The lowest BCUT2D eigenvalue weighted by atomic mass is 10.1. The number of likely N-dealkylation sites (tertiary alicyclic amines) is 1. The molecule has 0 unspecified atom stereocenters. The maximum absolute atomic E-state index is 12.7. The van der Waals surface area contributed by atoms with Crippen molar-refractivity contribution < 1.29 is 19.1 Å². The van der Waals surface area contributed by atoms with Gasteiger partial charge >= 0.3 is 12.2 Å². The van der Waals surface area contributed by atoms with Crippen LogP contribution in [0, 0.1) is 0 Å². The summed E-state index contributed by atoms with van der Waals surface area (Å²) in [6.07, 6.45) is 2.82. The summed E-state index contributed by atoms with van der Waals surface area (Å²) in [4.78, 5) is 36.3. The van der Waals surface area contributed by atoms with E-state index in [9.17, 15) is 9.59 Å². The zero-order chi connectivity index (χ0) is 25.3. The molecule has 2 amide bonds. The molecule has 1 fully saturated rings. The van der Waals surface area contributed by atoms with E-state index < -0.39 is 11.2 Å². The highest BCUT2D eigenvalue weighted by Gasteiger charge is 2.34. The molecular formula is C25H35BrN4O4. The predicted octanol–water partition coefficient (Wildman–Crippen LogP) is 6.28. The SMILES string of the molecule is CN(Cc1cc(-c2cnc([C@H]3CCCN3C(=O)OC(C)(C)C)[nH]2)ccc1Br)C(=O)OC(C)(C)C. The van der Waals surface area contributed by atoms with Crippen molar-refractivity contribution in [3.63, 3.8) is 0 Å². The van der Waals surface area contributed by atoms with Crippen molar-refractivity contribution in [1.29, 1.82) is 0 Å². The van der Waals surface area contributed by atoms with Gasteiger partial charge in [-0.2, -0.15) is 0 Å². The average Bonchev–Trinajstić information content (AvgIpc) is 3.36. The van der Waals surface area contributed by atoms with Crippen LogP contribution in [0.15, 0.2) is 28.9 Å². The zero-order valence-electron chi connectivity index (χ0n) is 21.1. The fourth-order valence-electron chi connectivity index (χ4n) is 3.77. The normalized spacial score (nSPS) is 16.5. The fraction of sp³-hybridized carbons (Fsp3) is 0.560. The Morgan fingerprint density at radius 3 is 2.50 bits per heavy atom. The maximum atomic E-state index is 12.7. The smallest absolute Gasteiger partial charge is 0.410 e. The highest BCUT2D eigenvalue weighted by atomic mass is 79.9. The van der Waals surface area contributed by atoms with Gasteiger partial charge in [-0.3, -0.25) is 4.90 Å². The molecule has 0 saturated carbocycles. The first-order chi connectivity index (χ1) is 15.7. The molecule has 0 spiro atoms. The number of carbonyl (C=O) groups is 2. The van der Waals surface area contributed by atoms with Crippen molar-refractivity contribution in [3.05, 3.63) is 40.3 Å². The first-order valence-electron chi connectivity index (χ1n) is 11.5. The number of aromatic amines is 1. The van der Waals surface area contributed by atoms with Crippen LogP contribution in [0.2, 0.25) is 0 Å². The first-order valence-corrected chi connectivity index (χ1v) is 12.3. The Bertz CT molecular complexity index is 1040. The van der Waals surface area contributed by atoms with Crippen molar-refractivity contribution in [1.82, 2.24) is 19.8 Å². The number of nitrogens with zero attached hydrogens (tertiary/aromatic N) is 3. The average molecular weight is 535 g/mol. The summed E-state index contributed by atoms with van der Waals surface area (Å²) in [5.74, 6) is 0.744. The van der Waals surface area contributed by atoms with E-state index in [1.807, 2.05) is 59.7 Å². The van der Waals surface area contributed by atoms with E-state index in [0.29, 0.717) is 13.1 Å². The fourth-order valence-corrected chi connectivity index (χ4v) is 4.14. The van der Waals surface area contributed by atoms with Gasteiger partial charge in [0, 0.05) is 24.6 Å². The van der Waals surface area contributed by atoms with E-state index >= 15 is 0 Å². The van der Waals surface area contributed by atoms with E-state index in [2.05, 4.69) is 25.9 Å². The topological polar surface area (TPSA) is 87.8 Å². The molecular weight excluding hydrogens is 500 g/mol. The highest BCUT2D eigenvalue weighted by molar-refractivity contribution is 9.10. The van der Waals surface area contributed by atoms with Gasteiger partial charge in [0.05, 0.1) is 17.9 Å². The van der Waals surface area contributed by atoms with E-state index in [0.717, 1.165) is 40.0 Å². The number of hydrogen-bond donors (Lipinski definition) is 1. The van der Waals surface area contributed by atoms with Gasteiger partial charge in [-0.25, -0.2) is 14.6 Å². The minimum absolute atomic E-state index is 0.142. The lowest BCUT2D eigenvalue weighted by Gasteiger charge is -2.27. The van der Waals surface area contributed by atoms with Crippen molar-refractivity contribution in [2.45, 2.75) is 78.2 Å². The Hall–Kier alpha value is -2.55. The molecule has 34 heavy (non-hydrogen) atoms. The van der Waals surface area contributed by atoms with Crippen LogP contribution in [0.25, 0.3) is 11.3 Å².